The molecule has 0 heterocycles. The van der Waals surface area contributed by atoms with Gasteiger partial charge in [0.15, 0.2) is 0 Å². The number of ether oxygens (including phenoxy) is 2. The Bertz CT molecular complexity index is 1120. The van der Waals surface area contributed by atoms with E-state index >= 15 is 0 Å². The van der Waals surface area contributed by atoms with Crippen LogP contribution in [0.3, 0.4) is 0 Å². The zero-order chi connectivity index (χ0) is 34.0. The highest BCUT2D eigenvalue weighted by Gasteiger charge is 2.30. The summed E-state index contributed by atoms with van der Waals surface area (Å²) in [6.45, 7) is 13.1. The van der Waals surface area contributed by atoms with Crippen molar-refractivity contribution in [3.8, 4) is 0 Å². The molecule has 1 aromatic rings. The van der Waals surface area contributed by atoms with Crippen molar-refractivity contribution < 1.29 is 33.4 Å². The van der Waals surface area contributed by atoms with Crippen LogP contribution >= 0.6 is 0 Å². The van der Waals surface area contributed by atoms with Gasteiger partial charge in [0.2, 0.25) is 11.8 Å². The van der Waals surface area contributed by atoms with Gasteiger partial charge in [0, 0.05) is 12.8 Å². The third-order valence-corrected chi connectivity index (χ3v) is 6.14. The first kappa shape index (κ1) is 38.7. The zero-order valence-corrected chi connectivity index (χ0v) is 27.5. The summed E-state index contributed by atoms with van der Waals surface area (Å²) < 4.78 is 10.5. The molecule has 0 bridgehead atoms. The predicted molar refractivity (Wildman–Crippen MR) is 171 cm³/mol. The number of carbonyl (C=O) groups excluding carboxylic acids is 5. The molecule has 0 aromatic heterocycles. The highest BCUT2D eigenvalue weighted by molar-refractivity contribution is 5.92. The van der Waals surface area contributed by atoms with Crippen molar-refractivity contribution in [1.82, 2.24) is 26.7 Å². The minimum Gasteiger partial charge on any atom is -0.445 e. The van der Waals surface area contributed by atoms with Gasteiger partial charge in [-0.1, -0.05) is 58.0 Å². The van der Waals surface area contributed by atoms with Gasteiger partial charge in [0.25, 0.3) is 0 Å². The van der Waals surface area contributed by atoms with E-state index < -0.39 is 53.8 Å². The Morgan fingerprint density at radius 2 is 1.58 bits per heavy atom. The average molecular weight is 634 g/mol. The van der Waals surface area contributed by atoms with Gasteiger partial charge in [-0.2, -0.15) is 5.10 Å². The van der Waals surface area contributed by atoms with Crippen molar-refractivity contribution in [3.63, 3.8) is 0 Å². The second-order valence-corrected chi connectivity index (χ2v) is 12.4. The number of primary amides is 1. The second-order valence-electron chi connectivity index (χ2n) is 12.4. The quantitative estimate of drug-likeness (QED) is 0.0857. The van der Waals surface area contributed by atoms with E-state index in [0.717, 1.165) is 5.56 Å². The molecule has 1 aromatic carbocycles. The Kier molecular flexibility index (Phi) is 17.0. The molecule has 0 spiro atoms. The largest absolute Gasteiger partial charge is 0.445 e. The Morgan fingerprint density at radius 1 is 0.911 bits per heavy atom. The monoisotopic (exact) mass is 633 g/mol. The lowest BCUT2D eigenvalue weighted by atomic mass is 9.99. The Morgan fingerprint density at radius 3 is 2.16 bits per heavy atom. The summed E-state index contributed by atoms with van der Waals surface area (Å²) in [5.74, 6) is -1.25. The summed E-state index contributed by atoms with van der Waals surface area (Å²) in [5.41, 5.74) is 7.40. The Balaban J connectivity index is 2.85. The number of rotatable bonds is 17. The third kappa shape index (κ3) is 18.1. The molecule has 3 atom stereocenters. The van der Waals surface area contributed by atoms with Crippen LogP contribution in [0.25, 0.3) is 0 Å². The number of hydrogen-bond acceptors (Lipinski definition) is 8. The maximum absolute atomic E-state index is 13.4. The topological polar surface area (TPSA) is 202 Å². The fraction of sp³-hybridized carbons (Fsp3) is 0.613. The van der Waals surface area contributed by atoms with Crippen LogP contribution < -0.4 is 32.4 Å². The molecule has 14 nitrogen and oxygen atoms in total. The van der Waals surface area contributed by atoms with E-state index in [0.29, 0.717) is 32.2 Å². The van der Waals surface area contributed by atoms with Crippen LogP contribution in [0.5, 0.6) is 0 Å². The molecule has 0 saturated carbocycles. The van der Waals surface area contributed by atoms with Crippen molar-refractivity contribution in [2.75, 3.05) is 6.54 Å². The minimum atomic E-state index is -0.953. The summed E-state index contributed by atoms with van der Waals surface area (Å²) in [6, 6.07) is 5.79. The molecular formula is C31H51N7O7. The number of alkyl carbamates (subject to hydrolysis) is 2. The van der Waals surface area contributed by atoms with Gasteiger partial charge >= 0.3 is 18.2 Å². The van der Waals surface area contributed by atoms with E-state index in [-0.39, 0.29) is 18.4 Å². The number of hydrogen-bond donors (Lipinski definition) is 6. The second kappa shape index (κ2) is 19.8. The molecule has 0 radical (unpaired) electrons. The number of nitrogens with zero attached hydrogens (tertiary/aromatic N) is 1. The van der Waals surface area contributed by atoms with Gasteiger partial charge in [-0.25, -0.2) is 19.8 Å². The lowest BCUT2D eigenvalue weighted by Crippen LogP contribution is -2.56. The van der Waals surface area contributed by atoms with E-state index in [2.05, 4.69) is 31.8 Å². The molecule has 0 aliphatic heterocycles. The van der Waals surface area contributed by atoms with Crippen LogP contribution in [0, 0.1) is 11.8 Å². The molecule has 14 heteroatoms. The van der Waals surface area contributed by atoms with E-state index in [1.54, 1.807) is 34.6 Å². The van der Waals surface area contributed by atoms with Crippen LogP contribution in [0.4, 0.5) is 14.4 Å². The number of unbranched alkanes of at least 4 members (excludes halogenated alkanes) is 1. The van der Waals surface area contributed by atoms with E-state index in [9.17, 15) is 24.0 Å². The van der Waals surface area contributed by atoms with Crippen LogP contribution in [0.15, 0.2) is 35.4 Å². The number of nitrogens with one attached hydrogen (secondary N) is 5. The number of hydrazone groups is 1. The van der Waals surface area contributed by atoms with Crippen LogP contribution in [0.1, 0.15) is 79.7 Å². The predicted octanol–water partition coefficient (Wildman–Crippen LogP) is 3.30. The first-order chi connectivity index (χ1) is 21.1. The molecule has 1 rings (SSSR count). The molecule has 0 unspecified atom stereocenters. The van der Waals surface area contributed by atoms with Crippen LogP contribution in [-0.4, -0.2) is 66.5 Å². The van der Waals surface area contributed by atoms with Gasteiger partial charge in [0.05, 0.1) is 6.04 Å². The number of benzene rings is 1. The zero-order valence-electron chi connectivity index (χ0n) is 27.5. The fourth-order valence-electron chi connectivity index (χ4n) is 4.04. The van der Waals surface area contributed by atoms with Gasteiger partial charge in [0.1, 0.15) is 24.3 Å². The highest BCUT2D eigenvalue weighted by Crippen LogP contribution is 2.10. The Hall–Kier alpha value is -4.36. The molecule has 45 heavy (non-hydrogen) atoms. The maximum atomic E-state index is 13.4. The number of urea groups is 1. The SMILES string of the molecule is CC(C)C[C@H](NC(=O)[C@@H](NC(=O)OCc1ccccc1)C(C)C)C(=O)N[C@H](/C=N/NC(N)=O)CCCCNC(=O)OC(C)(C)C. The van der Waals surface area contributed by atoms with Crippen LogP contribution in [0.2, 0.25) is 0 Å². The number of carbonyl (C=O) groups is 5. The van der Waals surface area contributed by atoms with Crippen LogP contribution in [-0.2, 0) is 25.7 Å². The van der Waals surface area contributed by atoms with Crippen molar-refractivity contribution in [2.45, 2.75) is 104 Å². The summed E-state index contributed by atoms with van der Waals surface area (Å²) in [5, 5.41) is 14.7. The smallest absolute Gasteiger partial charge is 0.408 e. The molecule has 252 valence electrons. The normalized spacial score (nSPS) is 13.4. The van der Waals surface area contributed by atoms with E-state index in [1.165, 1.54) is 6.21 Å². The maximum Gasteiger partial charge on any atom is 0.408 e. The molecule has 6 amide bonds. The lowest BCUT2D eigenvalue weighted by Gasteiger charge is -2.27. The molecule has 0 fully saturated rings. The van der Waals surface area contributed by atoms with E-state index in [4.69, 9.17) is 15.2 Å². The molecule has 0 saturated heterocycles. The van der Waals surface area contributed by atoms with E-state index in [1.807, 2.05) is 44.2 Å². The third-order valence-electron chi connectivity index (χ3n) is 6.14. The first-order valence-corrected chi connectivity index (χ1v) is 15.2. The van der Waals surface area contributed by atoms with Crippen molar-refractivity contribution >= 4 is 36.2 Å². The number of nitrogens with two attached hydrogens (primary N) is 1. The van der Waals surface area contributed by atoms with Gasteiger partial charge in [-0.15, -0.1) is 0 Å². The minimum absolute atomic E-state index is 0.0438. The van der Waals surface area contributed by atoms with Gasteiger partial charge < -0.3 is 36.5 Å². The highest BCUT2D eigenvalue weighted by atomic mass is 16.6. The fourth-order valence-corrected chi connectivity index (χ4v) is 4.04. The average Bonchev–Trinajstić information content (AvgIpc) is 2.93. The van der Waals surface area contributed by atoms with Gasteiger partial charge in [-0.3, -0.25) is 9.59 Å². The van der Waals surface area contributed by atoms with Crippen molar-refractivity contribution in [2.24, 2.45) is 22.7 Å². The summed E-state index contributed by atoms with van der Waals surface area (Å²) in [6.07, 6.45) is 1.97. The summed E-state index contributed by atoms with van der Waals surface area (Å²) in [7, 11) is 0. The molecule has 0 aliphatic rings. The number of amides is 6. The van der Waals surface area contributed by atoms with Gasteiger partial charge in [-0.05, 0) is 63.9 Å². The molecular weight excluding hydrogens is 582 g/mol. The lowest BCUT2D eigenvalue weighted by molar-refractivity contribution is -0.131. The molecule has 7 N–H and O–H groups in total. The first-order valence-electron chi connectivity index (χ1n) is 15.2. The van der Waals surface area contributed by atoms with Crippen molar-refractivity contribution in [1.29, 1.82) is 0 Å². The summed E-state index contributed by atoms with van der Waals surface area (Å²) in [4.78, 5) is 62.2. The Labute approximate surface area is 266 Å². The molecule has 0 aliphatic carbocycles. The summed E-state index contributed by atoms with van der Waals surface area (Å²) >= 11 is 0. The standard InChI is InChI=1S/C31H51N7O7/c1-20(2)17-24(36-27(40)25(21(3)4)37-30(43)44-19-22-13-9-8-10-14-22)26(39)35-23(18-34-38-28(32)41)15-11-12-16-33-29(42)45-31(5,6)7/h8-10,13-14,18,20-21,23-25H,11-12,15-17,19H2,1-7H3,(H,33,42)(H,35,39)(H,36,40)(H,37,43)(H3,32,38,41)/b34-18+/t23-,24-,25-/m0/s1. The van der Waals surface area contributed by atoms with Crippen molar-refractivity contribution in [3.05, 3.63) is 35.9 Å².